The van der Waals surface area contributed by atoms with E-state index >= 15 is 0 Å². The van der Waals surface area contributed by atoms with E-state index in [0.29, 0.717) is 29.1 Å². The maximum Gasteiger partial charge on any atom is 0.251 e. The van der Waals surface area contributed by atoms with E-state index in [4.69, 9.17) is 4.42 Å². The second kappa shape index (κ2) is 7.32. The zero-order chi connectivity index (χ0) is 18.8. The first-order valence-electron chi connectivity index (χ1n) is 8.79. The molecule has 136 valence electrons. The minimum Gasteiger partial charge on any atom is -0.440 e. The third kappa shape index (κ3) is 3.75. The Hall–Kier alpha value is -2.99. The predicted molar refractivity (Wildman–Crippen MR) is 107 cm³/mol. The van der Waals surface area contributed by atoms with Crippen molar-refractivity contribution in [3.05, 3.63) is 71.1 Å². The van der Waals surface area contributed by atoms with E-state index in [2.05, 4.69) is 15.3 Å². The van der Waals surface area contributed by atoms with Crippen LogP contribution in [0.4, 0.5) is 0 Å². The molecule has 6 heteroatoms. The lowest BCUT2D eigenvalue weighted by molar-refractivity contribution is 0.0951. The molecule has 2 heterocycles. The molecule has 0 aliphatic rings. The van der Waals surface area contributed by atoms with Crippen LogP contribution >= 0.6 is 11.3 Å². The van der Waals surface area contributed by atoms with E-state index in [1.54, 1.807) is 29.5 Å². The van der Waals surface area contributed by atoms with Crippen molar-refractivity contribution in [1.29, 1.82) is 0 Å². The van der Waals surface area contributed by atoms with Crippen molar-refractivity contribution in [3.8, 4) is 10.6 Å². The molecular weight excluding hydrogens is 358 g/mol. The van der Waals surface area contributed by atoms with Crippen LogP contribution in [0.15, 0.2) is 59.1 Å². The Morgan fingerprint density at radius 2 is 2.00 bits per heavy atom. The molecule has 4 aromatic rings. The first-order chi connectivity index (χ1) is 13.1. The fourth-order valence-electron chi connectivity index (χ4n) is 2.71. The highest BCUT2D eigenvalue weighted by Gasteiger charge is 2.13. The fourth-order valence-corrected chi connectivity index (χ4v) is 3.56. The van der Waals surface area contributed by atoms with Gasteiger partial charge in [-0.15, -0.1) is 11.3 Å². The summed E-state index contributed by atoms with van der Waals surface area (Å²) in [4.78, 5) is 22.4. The molecule has 0 aliphatic carbocycles. The number of carbonyl (C=O) groups excluding carboxylic acids is 1. The maximum absolute atomic E-state index is 12.5. The number of thiazole rings is 1. The summed E-state index contributed by atoms with van der Waals surface area (Å²) in [6.07, 6.45) is 1.81. The Balaban J connectivity index is 1.45. The molecule has 0 saturated heterocycles. The minimum absolute atomic E-state index is 0.138. The largest absolute Gasteiger partial charge is 0.440 e. The summed E-state index contributed by atoms with van der Waals surface area (Å²) in [7, 11) is 0. The molecule has 0 fully saturated rings. The smallest absolute Gasteiger partial charge is 0.251 e. The van der Waals surface area contributed by atoms with E-state index in [9.17, 15) is 4.79 Å². The van der Waals surface area contributed by atoms with Gasteiger partial charge in [-0.2, -0.15) is 0 Å². The third-order valence-electron chi connectivity index (χ3n) is 4.16. The highest BCUT2D eigenvalue weighted by molar-refractivity contribution is 7.15. The molecule has 2 aromatic heterocycles. The SMILES string of the molecule is CC(C)c1nc2cc(C(=O)NCc3cnc(-c4ccccc4)s3)ccc2o1. The summed E-state index contributed by atoms with van der Waals surface area (Å²) >= 11 is 1.58. The number of fused-ring (bicyclic) bond motifs is 1. The van der Waals surface area contributed by atoms with E-state index < -0.39 is 0 Å². The molecule has 4 rings (SSSR count). The number of nitrogens with zero attached hydrogens (tertiary/aromatic N) is 2. The van der Waals surface area contributed by atoms with Gasteiger partial charge in [-0.3, -0.25) is 4.79 Å². The molecule has 27 heavy (non-hydrogen) atoms. The van der Waals surface area contributed by atoms with Crippen LogP contribution in [0.25, 0.3) is 21.7 Å². The van der Waals surface area contributed by atoms with Gasteiger partial charge >= 0.3 is 0 Å². The van der Waals surface area contributed by atoms with Crippen molar-refractivity contribution < 1.29 is 9.21 Å². The Labute approximate surface area is 161 Å². The van der Waals surface area contributed by atoms with Crippen molar-refractivity contribution in [3.63, 3.8) is 0 Å². The first-order valence-corrected chi connectivity index (χ1v) is 9.60. The van der Waals surface area contributed by atoms with Crippen LogP contribution in [-0.4, -0.2) is 15.9 Å². The molecule has 1 amide bonds. The molecular formula is C21H19N3O2S. The molecule has 0 unspecified atom stereocenters. The number of hydrogen-bond donors (Lipinski definition) is 1. The molecule has 2 aromatic carbocycles. The molecule has 0 spiro atoms. The van der Waals surface area contributed by atoms with Gasteiger partial charge in [0.25, 0.3) is 5.91 Å². The van der Waals surface area contributed by atoms with Gasteiger partial charge in [-0.25, -0.2) is 9.97 Å². The zero-order valence-electron chi connectivity index (χ0n) is 15.1. The lowest BCUT2D eigenvalue weighted by Gasteiger charge is -2.03. The van der Waals surface area contributed by atoms with Crippen LogP contribution in [0.5, 0.6) is 0 Å². The van der Waals surface area contributed by atoms with Crippen LogP contribution < -0.4 is 5.32 Å². The topological polar surface area (TPSA) is 68.0 Å². The Kier molecular flexibility index (Phi) is 4.73. The number of carbonyl (C=O) groups is 1. The monoisotopic (exact) mass is 377 g/mol. The average molecular weight is 377 g/mol. The number of rotatable bonds is 5. The highest BCUT2D eigenvalue weighted by atomic mass is 32.1. The van der Waals surface area contributed by atoms with Crippen molar-refractivity contribution in [2.24, 2.45) is 0 Å². The molecule has 0 bridgehead atoms. The molecule has 5 nitrogen and oxygen atoms in total. The van der Waals surface area contributed by atoms with Crippen molar-refractivity contribution in [2.45, 2.75) is 26.3 Å². The fraction of sp³-hybridized carbons (Fsp3) is 0.190. The van der Waals surface area contributed by atoms with Crippen LogP contribution in [0.2, 0.25) is 0 Å². The van der Waals surface area contributed by atoms with Crippen LogP contribution in [0, 0.1) is 0 Å². The Morgan fingerprint density at radius 3 is 2.78 bits per heavy atom. The van der Waals surface area contributed by atoms with Gasteiger partial charge < -0.3 is 9.73 Å². The minimum atomic E-state index is -0.138. The van der Waals surface area contributed by atoms with Crippen molar-refractivity contribution in [1.82, 2.24) is 15.3 Å². The molecule has 0 aliphatic heterocycles. The number of oxazole rings is 1. The molecule has 0 atom stereocenters. The van der Waals surface area contributed by atoms with E-state index in [-0.39, 0.29) is 11.8 Å². The zero-order valence-corrected chi connectivity index (χ0v) is 15.9. The predicted octanol–water partition coefficient (Wildman–Crippen LogP) is 5.00. The standard InChI is InChI=1S/C21H19N3O2S/c1-13(2)20-24-17-10-15(8-9-18(17)26-20)19(25)22-11-16-12-23-21(27-16)14-6-4-3-5-7-14/h3-10,12-13H,11H2,1-2H3,(H,22,25). The van der Waals surface area contributed by atoms with Gasteiger partial charge in [0.2, 0.25) is 0 Å². The van der Waals surface area contributed by atoms with Crippen molar-refractivity contribution >= 4 is 28.3 Å². The summed E-state index contributed by atoms with van der Waals surface area (Å²) in [5.41, 5.74) is 3.05. The lowest BCUT2D eigenvalue weighted by Crippen LogP contribution is -2.22. The van der Waals surface area contributed by atoms with Gasteiger partial charge in [0.15, 0.2) is 11.5 Å². The Bertz CT molecular complexity index is 1080. The number of amides is 1. The average Bonchev–Trinajstić information content (AvgIpc) is 3.33. The summed E-state index contributed by atoms with van der Waals surface area (Å²) < 4.78 is 5.69. The molecule has 0 radical (unpaired) electrons. The number of benzene rings is 2. The van der Waals surface area contributed by atoms with Gasteiger partial charge in [0.05, 0.1) is 6.54 Å². The lowest BCUT2D eigenvalue weighted by atomic mass is 10.2. The van der Waals surface area contributed by atoms with E-state index in [0.717, 1.165) is 15.4 Å². The molecule has 1 N–H and O–H groups in total. The van der Waals surface area contributed by atoms with Gasteiger partial charge in [-0.1, -0.05) is 44.2 Å². The normalized spacial score (nSPS) is 11.2. The number of hydrogen-bond acceptors (Lipinski definition) is 5. The summed E-state index contributed by atoms with van der Waals surface area (Å²) in [5, 5.41) is 3.90. The second-order valence-corrected chi connectivity index (χ2v) is 7.68. The molecule has 0 saturated carbocycles. The van der Waals surface area contributed by atoms with E-state index in [1.165, 1.54) is 0 Å². The summed E-state index contributed by atoms with van der Waals surface area (Å²) in [6, 6.07) is 15.3. The van der Waals surface area contributed by atoms with Crippen LogP contribution in [-0.2, 0) is 6.54 Å². The third-order valence-corrected chi connectivity index (χ3v) is 5.20. The van der Waals surface area contributed by atoms with E-state index in [1.807, 2.05) is 50.4 Å². The second-order valence-electron chi connectivity index (χ2n) is 6.57. The first kappa shape index (κ1) is 17.4. The van der Waals surface area contributed by atoms with Crippen molar-refractivity contribution in [2.75, 3.05) is 0 Å². The quantitative estimate of drug-likeness (QED) is 0.531. The van der Waals surface area contributed by atoms with Gasteiger partial charge in [0.1, 0.15) is 10.5 Å². The highest BCUT2D eigenvalue weighted by Crippen LogP contribution is 2.25. The maximum atomic E-state index is 12.5. The van der Waals surface area contributed by atoms with Gasteiger partial charge in [0, 0.05) is 28.1 Å². The van der Waals surface area contributed by atoms with Crippen LogP contribution in [0.3, 0.4) is 0 Å². The number of nitrogens with one attached hydrogen (secondary N) is 1. The van der Waals surface area contributed by atoms with Crippen LogP contribution in [0.1, 0.15) is 40.9 Å². The summed E-state index contributed by atoms with van der Waals surface area (Å²) in [5.74, 6) is 0.751. The Morgan fingerprint density at radius 1 is 1.19 bits per heavy atom. The summed E-state index contributed by atoms with van der Waals surface area (Å²) in [6.45, 7) is 4.49. The number of aromatic nitrogens is 2. The van der Waals surface area contributed by atoms with Gasteiger partial charge in [-0.05, 0) is 18.2 Å².